The zero-order valence-corrected chi connectivity index (χ0v) is 16.4. The minimum Gasteiger partial charge on any atom is -0.482 e. The van der Waals surface area contributed by atoms with Crippen LogP contribution in [0.5, 0.6) is 5.75 Å². The van der Waals surface area contributed by atoms with E-state index in [1.807, 2.05) is 0 Å². The molecule has 2 N–H and O–H groups in total. The number of anilines is 1. The van der Waals surface area contributed by atoms with E-state index in [1.54, 1.807) is 49.6 Å². The highest BCUT2D eigenvalue weighted by Gasteiger charge is 2.09. The summed E-state index contributed by atoms with van der Waals surface area (Å²) >= 11 is 9.34. The highest BCUT2D eigenvalue weighted by atomic mass is 79.9. The van der Waals surface area contributed by atoms with Crippen molar-refractivity contribution in [2.75, 3.05) is 32.2 Å². The molecule has 0 aromatic heterocycles. The third-order valence-corrected chi connectivity index (χ3v) is 4.04. The molecule has 0 atom stereocenters. The van der Waals surface area contributed by atoms with Crippen LogP contribution in [-0.2, 0) is 9.53 Å². The predicted octanol–water partition coefficient (Wildman–Crippen LogP) is 3.50. The van der Waals surface area contributed by atoms with E-state index in [-0.39, 0.29) is 18.4 Å². The molecular formula is C18H18BrClN2O4. The van der Waals surface area contributed by atoms with Crippen LogP contribution in [0, 0.1) is 0 Å². The summed E-state index contributed by atoms with van der Waals surface area (Å²) in [6.45, 7) is 0.636. The average molecular weight is 442 g/mol. The van der Waals surface area contributed by atoms with Crippen molar-refractivity contribution in [2.45, 2.75) is 0 Å². The second kappa shape index (κ2) is 10.2. The van der Waals surface area contributed by atoms with Crippen molar-refractivity contribution in [3.05, 3.63) is 57.5 Å². The Labute approximate surface area is 164 Å². The molecule has 0 radical (unpaired) electrons. The molecule has 0 aliphatic rings. The van der Waals surface area contributed by atoms with Crippen LogP contribution in [0.4, 0.5) is 5.69 Å². The van der Waals surface area contributed by atoms with E-state index in [1.165, 1.54) is 0 Å². The highest BCUT2D eigenvalue weighted by molar-refractivity contribution is 9.10. The van der Waals surface area contributed by atoms with Crippen molar-refractivity contribution in [1.82, 2.24) is 5.32 Å². The molecule has 0 fully saturated rings. The molecule has 2 aromatic carbocycles. The van der Waals surface area contributed by atoms with Crippen molar-refractivity contribution >= 4 is 45.0 Å². The fraction of sp³-hybridized carbons (Fsp3) is 0.222. The maximum Gasteiger partial charge on any atom is 0.262 e. The first-order chi connectivity index (χ1) is 12.5. The van der Waals surface area contributed by atoms with Crippen LogP contribution in [0.15, 0.2) is 46.9 Å². The summed E-state index contributed by atoms with van der Waals surface area (Å²) in [5.74, 6) is -0.187. The molecule has 0 aliphatic heterocycles. The summed E-state index contributed by atoms with van der Waals surface area (Å²) in [6.07, 6.45) is 0. The molecule has 2 rings (SSSR count). The third kappa shape index (κ3) is 6.33. The molecule has 0 bridgehead atoms. The van der Waals surface area contributed by atoms with E-state index >= 15 is 0 Å². The van der Waals surface area contributed by atoms with E-state index in [0.717, 1.165) is 4.47 Å². The van der Waals surface area contributed by atoms with Crippen LogP contribution in [0.1, 0.15) is 10.4 Å². The van der Waals surface area contributed by atoms with Gasteiger partial charge in [-0.05, 0) is 36.4 Å². The quantitative estimate of drug-likeness (QED) is 0.615. The number of halogens is 2. The SMILES string of the molecule is COCCNC(=O)c1cccc(NC(=O)COc2ccc(Br)cc2Cl)c1. The second-order valence-electron chi connectivity index (χ2n) is 5.24. The average Bonchev–Trinajstić information content (AvgIpc) is 2.61. The van der Waals surface area contributed by atoms with Crippen LogP contribution in [-0.4, -0.2) is 38.7 Å². The van der Waals surface area contributed by atoms with Gasteiger partial charge in [0, 0.05) is 29.4 Å². The van der Waals surface area contributed by atoms with Gasteiger partial charge in [-0.2, -0.15) is 0 Å². The first-order valence-electron chi connectivity index (χ1n) is 7.74. The Morgan fingerprint density at radius 1 is 1.19 bits per heavy atom. The number of benzene rings is 2. The van der Waals surface area contributed by atoms with Crippen molar-refractivity contribution < 1.29 is 19.1 Å². The van der Waals surface area contributed by atoms with Crippen LogP contribution in [0.2, 0.25) is 5.02 Å². The predicted molar refractivity (Wildman–Crippen MR) is 104 cm³/mol. The lowest BCUT2D eigenvalue weighted by atomic mass is 10.2. The summed E-state index contributed by atoms with van der Waals surface area (Å²) in [5, 5.41) is 5.81. The summed E-state index contributed by atoms with van der Waals surface area (Å²) in [6, 6.07) is 11.8. The Bertz CT molecular complexity index is 786. The van der Waals surface area contributed by atoms with Gasteiger partial charge in [0.1, 0.15) is 5.75 Å². The van der Waals surface area contributed by atoms with Crippen molar-refractivity contribution in [2.24, 2.45) is 0 Å². The first-order valence-corrected chi connectivity index (χ1v) is 8.91. The molecule has 0 spiro atoms. The van der Waals surface area contributed by atoms with E-state index in [0.29, 0.717) is 35.2 Å². The normalized spacial score (nSPS) is 10.3. The number of carbonyl (C=O) groups excluding carboxylic acids is 2. The summed E-state index contributed by atoms with van der Waals surface area (Å²) in [7, 11) is 1.56. The number of nitrogens with one attached hydrogen (secondary N) is 2. The molecule has 8 heteroatoms. The standard InChI is InChI=1S/C18H18BrClN2O4/c1-25-8-7-21-18(24)12-3-2-4-14(9-12)22-17(23)11-26-16-6-5-13(19)10-15(16)20/h2-6,9-10H,7-8,11H2,1H3,(H,21,24)(H,22,23). The van der Waals surface area contributed by atoms with Crippen molar-refractivity contribution in [3.63, 3.8) is 0 Å². The molecule has 6 nitrogen and oxygen atoms in total. The molecule has 2 amide bonds. The Kier molecular flexibility index (Phi) is 7.90. The van der Waals surface area contributed by atoms with Crippen molar-refractivity contribution in [1.29, 1.82) is 0 Å². The lowest BCUT2D eigenvalue weighted by Gasteiger charge is -2.10. The van der Waals surface area contributed by atoms with Gasteiger partial charge in [0.15, 0.2) is 6.61 Å². The lowest BCUT2D eigenvalue weighted by Crippen LogP contribution is -2.27. The fourth-order valence-electron chi connectivity index (χ4n) is 2.04. The Morgan fingerprint density at radius 2 is 2.00 bits per heavy atom. The number of carbonyl (C=O) groups is 2. The maximum absolute atomic E-state index is 12.1. The molecule has 0 saturated heterocycles. The van der Waals surface area contributed by atoms with Gasteiger partial charge in [0.05, 0.1) is 11.6 Å². The van der Waals surface area contributed by atoms with Crippen LogP contribution in [0.25, 0.3) is 0 Å². The summed E-state index contributed by atoms with van der Waals surface area (Å²) in [4.78, 5) is 24.1. The molecule has 0 saturated carbocycles. The Hall–Kier alpha value is -2.09. The van der Waals surface area contributed by atoms with Crippen LogP contribution in [0.3, 0.4) is 0 Å². The first kappa shape index (κ1) is 20.2. The van der Waals surface area contributed by atoms with Gasteiger partial charge < -0.3 is 20.1 Å². The van der Waals surface area contributed by atoms with Gasteiger partial charge in [-0.3, -0.25) is 9.59 Å². The number of methoxy groups -OCH3 is 1. The molecule has 0 aliphatic carbocycles. The van der Waals surface area contributed by atoms with Gasteiger partial charge in [0.25, 0.3) is 11.8 Å². The second-order valence-corrected chi connectivity index (χ2v) is 6.56. The van der Waals surface area contributed by atoms with E-state index < -0.39 is 0 Å². The lowest BCUT2D eigenvalue weighted by molar-refractivity contribution is -0.118. The molecule has 0 unspecified atom stereocenters. The van der Waals surface area contributed by atoms with E-state index in [9.17, 15) is 9.59 Å². The topological polar surface area (TPSA) is 76.7 Å². The molecular weight excluding hydrogens is 424 g/mol. The van der Waals surface area contributed by atoms with Gasteiger partial charge >= 0.3 is 0 Å². The fourth-order valence-corrected chi connectivity index (χ4v) is 2.77. The van der Waals surface area contributed by atoms with Gasteiger partial charge in [-0.15, -0.1) is 0 Å². The smallest absolute Gasteiger partial charge is 0.262 e. The van der Waals surface area contributed by atoms with Crippen molar-refractivity contribution in [3.8, 4) is 5.75 Å². The molecule has 2 aromatic rings. The van der Waals surface area contributed by atoms with Gasteiger partial charge in [-0.1, -0.05) is 33.6 Å². The van der Waals surface area contributed by atoms with Crippen LogP contribution < -0.4 is 15.4 Å². The summed E-state index contributed by atoms with van der Waals surface area (Å²) in [5.41, 5.74) is 0.940. The molecule has 138 valence electrons. The maximum atomic E-state index is 12.1. The number of hydrogen-bond donors (Lipinski definition) is 2. The Morgan fingerprint density at radius 3 is 2.73 bits per heavy atom. The molecule has 0 heterocycles. The number of ether oxygens (including phenoxy) is 2. The minimum atomic E-state index is -0.360. The number of hydrogen-bond acceptors (Lipinski definition) is 4. The zero-order chi connectivity index (χ0) is 18.9. The Balaban J connectivity index is 1.90. The summed E-state index contributed by atoms with van der Waals surface area (Å²) < 4.78 is 11.1. The number of rotatable bonds is 8. The van der Waals surface area contributed by atoms with Gasteiger partial charge in [0.2, 0.25) is 0 Å². The monoisotopic (exact) mass is 440 g/mol. The minimum absolute atomic E-state index is 0.203. The zero-order valence-electron chi connectivity index (χ0n) is 14.1. The highest BCUT2D eigenvalue weighted by Crippen LogP contribution is 2.27. The van der Waals surface area contributed by atoms with E-state index in [4.69, 9.17) is 21.1 Å². The van der Waals surface area contributed by atoms with E-state index in [2.05, 4.69) is 26.6 Å². The van der Waals surface area contributed by atoms with Gasteiger partial charge in [-0.25, -0.2) is 0 Å². The number of amides is 2. The van der Waals surface area contributed by atoms with Crippen LogP contribution >= 0.6 is 27.5 Å². The largest absolute Gasteiger partial charge is 0.482 e. The molecule has 26 heavy (non-hydrogen) atoms. The third-order valence-electron chi connectivity index (χ3n) is 3.25.